The number of hydrogen-bond acceptors (Lipinski definition) is 10. The number of ether oxygens (including phenoxy) is 6. The van der Waals surface area contributed by atoms with Gasteiger partial charge in [-0.2, -0.15) is 0 Å². The standard InChI is InChI=1S/C21H25BrO10/c1-10-8-15(22)6-7-16(10)31-21-20(30-14(5)26)19(29-13(4)25)18(28-12(3)24)17(32-21)9-27-11(2)23/h6-8,17-21H,9H2,1-5H3/t17-,18-,19+,20+,21+/m1/s1. The Kier molecular flexibility index (Phi) is 9.02. The van der Waals surface area contributed by atoms with Gasteiger partial charge in [0.1, 0.15) is 18.5 Å². The van der Waals surface area contributed by atoms with E-state index >= 15 is 0 Å². The summed E-state index contributed by atoms with van der Waals surface area (Å²) in [5, 5.41) is 0. The Morgan fingerprint density at radius 1 is 0.875 bits per heavy atom. The molecule has 0 bridgehead atoms. The molecule has 0 radical (unpaired) electrons. The molecule has 1 fully saturated rings. The van der Waals surface area contributed by atoms with Crippen LogP contribution in [-0.2, 0) is 42.9 Å². The van der Waals surface area contributed by atoms with Crippen LogP contribution in [0.1, 0.15) is 33.3 Å². The highest BCUT2D eigenvalue weighted by Gasteiger charge is 2.53. The first-order valence-electron chi connectivity index (χ1n) is 9.71. The van der Waals surface area contributed by atoms with Crippen molar-refractivity contribution >= 4 is 39.8 Å². The zero-order chi connectivity index (χ0) is 24.0. The Morgan fingerprint density at radius 2 is 1.44 bits per heavy atom. The average Bonchev–Trinajstić information content (AvgIpc) is 2.65. The van der Waals surface area contributed by atoms with Crippen LogP contribution in [0.4, 0.5) is 0 Å². The zero-order valence-corrected chi connectivity index (χ0v) is 19.9. The number of benzene rings is 1. The quantitative estimate of drug-likeness (QED) is 0.393. The molecule has 2 rings (SSSR count). The van der Waals surface area contributed by atoms with Gasteiger partial charge in [0, 0.05) is 32.2 Å². The Hall–Kier alpha value is -2.66. The van der Waals surface area contributed by atoms with Crippen LogP contribution in [0, 0.1) is 6.92 Å². The predicted octanol–water partition coefficient (Wildman–Crippen LogP) is 2.22. The summed E-state index contributed by atoms with van der Waals surface area (Å²) < 4.78 is 33.8. The first-order valence-corrected chi connectivity index (χ1v) is 10.5. The van der Waals surface area contributed by atoms with Crippen LogP contribution >= 0.6 is 15.9 Å². The Balaban J connectivity index is 2.47. The maximum atomic E-state index is 11.8. The van der Waals surface area contributed by atoms with Crippen LogP contribution in [0.5, 0.6) is 5.75 Å². The highest BCUT2D eigenvalue weighted by Crippen LogP contribution is 2.32. The summed E-state index contributed by atoms with van der Waals surface area (Å²) in [6.45, 7) is 6.15. The molecule has 1 aliphatic rings. The van der Waals surface area contributed by atoms with Gasteiger partial charge in [0.25, 0.3) is 0 Å². The smallest absolute Gasteiger partial charge is 0.303 e. The molecular formula is C21H25BrO10. The first kappa shape index (κ1) is 25.6. The number of carbonyl (C=O) groups excluding carboxylic acids is 4. The number of aryl methyl sites for hydroxylation is 1. The van der Waals surface area contributed by atoms with Gasteiger partial charge in [0.2, 0.25) is 12.4 Å². The molecule has 0 N–H and O–H groups in total. The van der Waals surface area contributed by atoms with Crippen LogP contribution < -0.4 is 4.74 Å². The molecular weight excluding hydrogens is 492 g/mol. The number of hydrogen-bond donors (Lipinski definition) is 0. The monoisotopic (exact) mass is 516 g/mol. The van der Waals surface area contributed by atoms with E-state index in [1.807, 2.05) is 0 Å². The van der Waals surface area contributed by atoms with E-state index in [0.29, 0.717) is 5.75 Å². The lowest BCUT2D eigenvalue weighted by molar-refractivity contribution is -0.288. The molecule has 1 heterocycles. The molecule has 0 amide bonds. The van der Waals surface area contributed by atoms with Crippen LogP contribution in [0.25, 0.3) is 0 Å². The lowest BCUT2D eigenvalue weighted by Gasteiger charge is -2.44. The predicted molar refractivity (Wildman–Crippen MR) is 111 cm³/mol. The molecule has 1 aromatic rings. The third-order valence-electron chi connectivity index (χ3n) is 4.33. The van der Waals surface area contributed by atoms with Crippen LogP contribution in [0.15, 0.2) is 22.7 Å². The number of halogens is 1. The molecule has 0 aromatic heterocycles. The molecule has 10 nitrogen and oxygen atoms in total. The minimum absolute atomic E-state index is 0.322. The van der Waals surface area contributed by atoms with E-state index in [0.717, 1.165) is 23.9 Å². The maximum absolute atomic E-state index is 11.8. The fraction of sp³-hybridized carbons (Fsp3) is 0.524. The molecule has 0 unspecified atom stereocenters. The lowest BCUT2D eigenvalue weighted by Crippen LogP contribution is -2.63. The van der Waals surface area contributed by atoms with Gasteiger partial charge in [-0.3, -0.25) is 19.2 Å². The summed E-state index contributed by atoms with van der Waals surface area (Å²) in [6.07, 6.45) is -6.13. The van der Waals surface area contributed by atoms with E-state index in [-0.39, 0.29) is 6.61 Å². The van der Waals surface area contributed by atoms with E-state index in [9.17, 15) is 19.2 Å². The van der Waals surface area contributed by atoms with Crippen molar-refractivity contribution in [2.24, 2.45) is 0 Å². The topological polar surface area (TPSA) is 124 Å². The number of rotatable bonds is 7. The normalized spacial score (nSPS) is 24.8. The molecule has 32 heavy (non-hydrogen) atoms. The minimum Gasteiger partial charge on any atom is -0.463 e. The van der Waals surface area contributed by atoms with Gasteiger partial charge < -0.3 is 28.4 Å². The van der Waals surface area contributed by atoms with Crippen molar-refractivity contribution in [1.82, 2.24) is 0 Å². The first-order chi connectivity index (χ1) is 15.0. The summed E-state index contributed by atoms with van der Waals surface area (Å²) in [7, 11) is 0. The fourth-order valence-corrected chi connectivity index (χ4v) is 3.63. The zero-order valence-electron chi connectivity index (χ0n) is 18.3. The van der Waals surface area contributed by atoms with Crippen molar-refractivity contribution in [3.63, 3.8) is 0 Å². The van der Waals surface area contributed by atoms with E-state index in [2.05, 4.69) is 15.9 Å². The summed E-state index contributed by atoms with van der Waals surface area (Å²) in [4.78, 5) is 46.7. The minimum atomic E-state index is -1.28. The lowest BCUT2D eigenvalue weighted by atomic mass is 9.98. The van der Waals surface area contributed by atoms with Gasteiger partial charge >= 0.3 is 23.9 Å². The number of esters is 4. The van der Waals surface area contributed by atoms with Gasteiger partial charge in [-0.1, -0.05) is 15.9 Å². The van der Waals surface area contributed by atoms with E-state index in [1.165, 1.54) is 13.8 Å². The molecule has 0 saturated carbocycles. The molecule has 0 spiro atoms. The third-order valence-corrected chi connectivity index (χ3v) is 4.82. The van der Waals surface area contributed by atoms with Gasteiger partial charge in [0.15, 0.2) is 12.2 Å². The molecule has 0 aliphatic carbocycles. The fourth-order valence-electron chi connectivity index (χ4n) is 3.15. The Morgan fingerprint density at radius 3 is 1.97 bits per heavy atom. The van der Waals surface area contributed by atoms with E-state index in [4.69, 9.17) is 28.4 Å². The van der Waals surface area contributed by atoms with E-state index < -0.39 is 54.6 Å². The largest absolute Gasteiger partial charge is 0.463 e. The second kappa shape index (κ2) is 11.3. The van der Waals surface area contributed by atoms with Gasteiger partial charge in [-0.25, -0.2) is 0 Å². The molecule has 1 aromatic carbocycles. The van der Waals surface area contributed by atoms with Crippen molar-refractivity contribution in [3.05, 3.63) is 28.2 Å². The van der Waals surface area contributed by atoms with Crippen molar-refractivity contribution in [2.75, 3.05) is 6.61 Å². The highest BCUT2D eigenvalue weighted by molar-refractivity contribution is 9.10. The van der Waals surface area contributed by atoms with Crippen LogP contribution in [0.2, 0.25) is 0 Å². The van der Waals surface area contributed by atoms with Crippen LogP contribution in [0.3, 0.4) is 0 Å². The summed E-state index contributed by atoms with van der Waals surface area (Å²) >= 11 is 3.37. The average molecular weight is 517 g/mol. The van der Waals surface area contributed by atoms with Crippen molar-refractivity contribution in [3.8, 4) is 5.75 Å². The Labute approximate surface area is 193 Å². The van der Waals surface area contributed by atoms with Gasteiger partial charge in [-0.05, 0) is 30.7 Å². The van der Waals surface area contributed by atoms with Crippen molar-refractivity contribution < 1.29 is 47.6 Å². The van der Waals surface area contributed by atoms with E-state index in [1.54, 1.807) is 25.1 Å². The molecule has 1 saturated heterocycles. The van der Waals surface area contributed by atoms with Crippen LogP contribution in [-0.4, -0.2) is 61.2 Å². The molecule has 1 aliphatic heterocycles. The van der Waals surface area contributed by atoms with Crippen molar-refractivity contribution in [1.29, 1.82) is 0 Å². The summed E-state index contributed by atoms with van der Waals surface area (Å²) in [5.74, 6) is -2.29. The SMILES string of the molecule is CC(=O)OC[C@H]1O[C@H](Oc2ccc(Br)cc2C)[C@@H](OC(C)=O)[C@@H](OC(C)=O)[C@@H]1OC(C)=O. The number of carbonyl (C=O) groups is 4. The second-order valence-corrected chi connectivity index (χ2v) is 8.01. The molecule has 5 atom stereocenters. The van der Waals surface area contributed by atoms with Gasteiger partial charge in [-0.15, -0.1) is 0 Å². The van der Waals surface area contributed by atoms with Crippen molar-refractivity contribution in [2.45, 2.75) is 65.3 Å². The molecule has 11 heteroatoms. The highest BCUT2D eigenvalue weighted by atomic mass is 79.9. The maximum Gasteiger partial charge on any atom is 0.303 e. The Bertz CT molecular complexity index is 870. The third kappa shape index (κ3) is 7.20. The molecule has 176 valence electrons. The summed E-state index contributed by atoms with van der Waals surface area (Å²) in [5.41, 5.74) is 0.743. The summed E-state index contributed by atoms with van der Waals surface area (Å²) in [6, 6.07) is 5.22. The second-order valence-electron chi connectivity index (χ2n) is 7.10. The van der Waals surface area contributed by atoms with Gasteiger partial charge in [0.05, 0.1) is 0 Å².